The summed E-state index contributed by atoms with van der Waals surface area (Å²) < 4.78 is 0. The first-order valence-corrected chi connectivity index (χ1v) is 8.12. The van der Waals surface area contributed by atoms with E-state index in [1.807, 2.05) is 30.3 Å². The van der Waals surface area contributed by atoms with E-state index in [9.17, 15) is 9.90 Å². The summed E-state index contributed by atoms with van der Waals surface area (Å²) in [6, 6.07) is 9.48. The van der Waals surface area contributed by atoms with Crippen molar-refractivity contribution >= 4 is 5.78 Å². The standard InChI is InChI=1S/C18H23NO2/c20-16(15-4-2-1-3-5-15)11-19-17-7-13-6-14(8-17)10-18(21,9-13)12-17/h1-5,13-14,19,21H,6-12H2. The van der Waals surface area contributed by atoms with Crippen molar-refractivity contribution in [2.24, 2.45) is 11.8 Å². The van der Waals surface area contributed by atoms with E-state index in [0.717, 1.165) is 37.7 Å². The van der Waals surface area contributed by atoms with E-state index in [1.54, 1.807) is 0 Å². The summed E-state index contributed by atoms with van der Waals surface area (Å²) in [6.45, 7) is 0.388. The largest absolute Gasteiger partial charge is 0.390 e. The van der Waals surface area contributed by atoms with Crippen LogP contribution in [-0.2, 0) is 0 Å². The highest BCUT2D eigenvalue weighted by Gasteiger charge is 2.56. The number of rotatable bonds is 4. The lowest BCUT2D eigenvalue weighted by atomic mass is 9.51. The fraction of sp³-hybridized carbons (Fsp3) is 0.611. The Morgan fingerprint density at radius 1 is 1.14 bits per heavy atom. The van der Waals surface area contributed by atoms with Gasteiger partial charge in [-0.25, -0.2) is 0 Å². The predicted octanol–water partition coefficient (Wildman–Crippen LogP) is 2.54. The molecule has 0 radical (unpaired) electrons. The summed E-state index contributed by atoms with van der Waals surface area (Å²) in [5.41, 5.74) is 0.310. The van der Waals surface area contributed by atoms with Crippen LogP contribution in [0.4, 0.5) is 0 Å². The number of carbonyl (C=O) groups excluding carboxylic acids is 1. The van der Waals surface area contributed by atoms with Crippen LogP contribution in [0, 0.1) is 11.8 Å². The van der Waals surface area contributed by atoms with Crippen LogP contribution in [0.15, 0.2) is 30.3 Å². The molecule has 4 aliphatic carbocycles. The molecule has 1 aromatic carbocycles. The van der Waals surface area contributed by atoms with Crippen LogP contribution in [0.25, 0.3) is 0 Å². The Morgan fingerprint density at radius 2 is 1.81 bits per heavy atom. The minimum Gasteiger partial charge on any atom is -0.390 e. The van der Waals surface area contributed by atoms with E-state index in [-0.39, 0.29) is 11.3 Å². The van der Waals surface area contributed by atoms with Crippen molar-refractivity contribution in [1.82, 2.24) is 5.32 Å². The number of hydrogen-bond acceptors (Lipinski definition) is 3. The number of carbonyl (C=O) groups is 1. The number of nitrogens with one attached hydrogen (secondary N) is 1. The average molecular weight is 285 g/mol. The van der Waals surface area contributed by atoms with Crippen molar-refractivity contribution < 1.29 is 9.90 Å². The normalized spacial score (nSPS) is 40.4. The molecule has 0 saturated heterocycles. The monoisotopic (exact) mass is 285 g/mol. The zero-order valence-electron chi connectivity index (χ0n) is 12.3. The summed E-state index contributed by atoms with van der Waals surface area (Å²) in [7, 11) is 0. The maximum atomic E-state index is 12.3. The van der Waals surface area contributed by atoms with Crippen molar-refractivity contribution in [3.05, 3.63) is 35.9 Å². The quantitative estimate of drug-likeness (QED) is 0.836. The zero-order valence-corrected chi connectivity index (χ0v) is 12.3. The summed E-state index contributed by atoms with van der Waals surface area (Å²) in [5.74, 6) is 1.45. The van der Waals surface area contributed by atoms with E-state index >= 15 is 0 Å². The van der Waals surface area contributed by atoms with E-state index in [2.05, 4.69) is 5.32 Å². The molecule has 4 bridgehead atoms. The number of benzene rings is 1. The Morgan fingerprint density at radius 3 is 2.43 bits per heavy atom. The Balaban J connectivity index is 1.46. The van der Waals surface area contributed by atoms with E-state index < -0.39 is 5.60 Å². The van der Waals surface area contributed by atoms with E-state index in [4.69, 9.17) is 0 Å². The number of aliphatic hydroxyl groups is 1. The molecule has 112 valence electrons. The van der Waals surface area contributed by atoms with Crippen LogP contribution >= 0.6 is 0 Å². The first kappa shape index (κ1) is 13.5. The van der Waals surface area contributed by atoms with Gasteiger partial charge in [-0.3, -0.25) is 4.79 Å². The van der Waals surface area contributed by atoms with Crippen molar-refractivity contribution in [3.8, 4) is 0 Å². The molecule has 2 N–H and O–H groups in total. The molecule has 21 heavy (non-hydrogen) atoms. The zero-order chi connectivity index (χ0) is 14.5. The number of Topliss-reactive ketones (excluding diaryl/α,β-unsaturated/α-hetero) is 1. The van der Waals surface area contributed by atoms with Crippen LogP contribution in [0.5, 0.6) is 0 Å². The molecule has 5 rings (SSSR count). The summed E-state index contributed by atoms with van der Waals surface area (Å²) in [6.07, 6.45) is 6.31. The maximum Gasteiger partial charge on any atom is 0.176 e. The van der Waals surface area contributed by atoms with Gasteiger partial charge in [0.15, 0.2) is 5.78 Å². The van der Waals surface area contributed by atoms with Gasteiger partial charge in [0.2, 0.25) is 0 Å². The van der Waals surface area contributed by atoms with Crippen LogP contribution in [0.3, 0.4) is 0 Å². The molecular weight excluding hydrogens is 262 g/mol. The Kier molecular flexibility index (Phi) is 2.98. The van der Waals surface area contributed by atoms with Gasteiger partial charge in [0.1, 0.15) is 0 Å². The molecule has 2 atom stereocenters. The van der Waals surface area contributed by atoms with Gasteiger partial charge >= 0.3 is 0 Å². The third-order valence-corrected chi connectivity index (χ3v) is 5.75. The summed E-state index contributed by atoms with van der Waals surface area (Å²) >= 11 is 0. The van der Waals surface area contributed by atoms with Gasteiger partial charge in [0, 0.05) is 11.1 Å². The lowest BCUT2D eigenvalue weighted by Gasteiger charge is -2.60. The molecule has 0 aromatic heterocycles. The predicted molar refractivity (Wildman–Crippen MR) is 81.1 cm³/mol. The minimum atomic E-state index is -0.465. The topological polar surface area (TPSA) is 49.3 Å². The van der Waals surface area contributed by atoms with Gasteiger partial charge in [-0.15, -0.1) is 0 Å². The van der Waals surface area contributed by atoms with Crippen molar-refractivity contribution in [1.29, 1.82) is 0 Å². The Bertz CT molecular complexity index is 540. The lowest BCUT2D eigenvalue weighted by molar-refractivity contribution is -0.141. The number of hydrogen-bond donors (Lipinski definition) is 2. The molecule has 0 spiro atoms. The molecule has 4 fully saturated rings. The van der Waals surface area contributed by atoms with Crippen LogP contribution in [0.1, 0.15) is 48.9 Å². The van der Waals surface area contributed by atoms with E-state index in [0.29, 0.717) is 18.4 Å². The van der Waals surface area contributed by atoms with Crippen molar-refractivity contribution in [2.75, 3.05) is 6.54 Å². The lowest BCUT2D eigenvalue weighted by Crippen LogP contribution is -2.65. The maximum absolute atomic E-state index is 12.3. The molecular formula is C18H23NO2. The van der Waals surface area contributed by atoms with Gasteiger partial charge < -0.3 is 10.4 Å². The smallest absolute Gasteiger partial charge is 0.176 e. The highest BCUT2D eigenvalue weighted by atomic mass is 16.3. The molecule has 0 amide bonds. The molecule has 4 aliphatic rings. The van der Waals surface area contributed by atoms with Gasteiger partial charge in [-0.05, 0) is 50.4 Å². The summed E-state index contributed by atoms with van der Waals surface area (Å²) in [5, 5.41) is 14.3. The second kappa shape index (κ2) is 4.65. The fourth-order valence-electron chi connectivity index (χ4n) is 5.41. The summed E-state index contributed by atoms with van der Waals surface area (Å²) in [4.78, 5) is 12.3. The molecule has 1 aromatic rings. The van der Waals surface area contributed by atoms with Crippen molar-refractivity contribution in [2.45, 2.75) is 49.7 Å². The van der Waals surface area contributed by atoms with Gasteiger partial charge in [0.05, 0.1) is 12.1 Å². The SMILES string of the molecule is O=C(CNC12CC3CC(CC(O)(C3)C1)C2)c1ccccc1. The first-order chi connectivity index (χ1) is 10.1. The van der Waals surface area contributed by atoms with Crippen LogP contribution in [0.2, 0.25) is 0 Å². The second-order valence-electron chi connectivity index (χ2n) is 7.61. The third kappa shape index (κ3) is 2.43. The van der Waals surface area contributed by atoms with Gasteiger partial charge in [0.25, 0.3) is 0 Å². The van der Waals surface area contributed by atoms with Crippen molar-refractivity contribution in [3.63, 3.8) is 0 Å². The fourth-order valence-corrected chi connectivity index (χ4v) is 5.41. The number of ketones is 1. The van der Waals surface area contributed by atoms with Gasteiger partial charge in [-0.2, -0.15) is 0 Å². The molecule has 0 heterocycles. The van der Waals surface area contributed by atoms with Crippen LogP contribution < -0.4 is 5.32 Å². The molecule has 3 heteroatoms. The molecule has 2 unspecified atom stereocenters. The minimum absolute atomic E-state index is 0.00325. The highest BCUT2D eigenvalue weighted by Crippen LogP contribution is 2.57. The first-order valence-electron chi connectivity index (χ1n) is 8.12. The second-order valence-corrected chi connectivity index (χ2v) is 7.61. The highest BCUT2D eigenvalue weighted by molar-refractivity contribution is 5.97. The molecule has 3 nitrogen and oxygen atoms in total. The molecule has 4 saturated carbocycles. The van der Waals surface area contributed by atoms with Gasteiger partial charge in [-0.1, -0.05) is 30.3 Å². The van der Waals surface area contributed by atoms with Crippen LogP contribution in [-0.4, -0.2) is 28.6 Å². The van der Waals surface area contributed by atoms with E-state index in [1.165, 1.54) is 6.42 Å². The third-order valence-electron chi connectivity index (χ3n) is 5.75. The average Bonchev–Trinajstić information content (AvgIpc) is 2.43. The molecule has 0 aliphatic heterocycles. The Hall–Kier alpha value is -1.19. The Labute approximate surface area is 125 Å².